The van der Waals surface area contributed by atoms with Crippen LogP contribution in [0.4, 0.5) is 4.39 Å². The Labute approximate surface area is 202 Å². The second kappa shape index (κ2) is 11.8. The lowest BCUT2D eigenvalue weighted by Gasteiger charge is -2.20. The lowest BCUT2D eigenvalue weighted by molar-refractivity contribution is 0.0466. The number of nitrogens with zero attached hydrogens (tertiary/aromatic N) is 1. The smallest absolute Gasteiger partial charge is 0.149 e. The average Bonchev–Trinajstić information content (AvgIpc) is 3.15. The fraction of sp³-hybridized carbons (Fsp3) is 0.286. The molecule has 1 aromatic heterocycles. The second-order valence-corrected chi connectivity index (χ2v) is 7.92. The normalized spacial score (nSPS) is 11.7. The summed E-state index contributed by atoms with van der Waals surface area (Å²) in [6, 6.07) is 10.9. The number of ether oxygens (including phenoxy) is 1. The van der Waals surface area contributed by atoms with Crippen molar-refractivity contribution >= 4 is 23.3 Å². The molecule has 3 nitrogen and oxygen atoms in total. The molecule has 0 saturated heterocycles. The Balaban J connectivity index is 0.00000187. The summed E-state index contributed by atoms with van der Waals surface area (Å²) < 4.78 is 21.1. The largest absolute Gasteiger partial charge is 0.496 e. The van der Waals surface area contributed by atoms with Crippen molar-refractivity contribution in [3.8, 4) is 5.75 Å². The van der Waals surface area contributed by atoms with Crippen molar-refractivity contribution in [2.75, 3.05) is 7.11 Å². The molecule has 5 heteroatoms. The minimum atomic E-state index is -0.452. The fourth-order valence-electron chi connectivity index (χ4n) is 3.65. The lowest BCUT2D eigenvalue weighted by Crippen LogP contribution is -2.17. The van der Waals surface area contributed by atoms with E-state index in [2.05, 4.69) is 6.58 Å². The summed E-state index contributed by atoms with van der Waals surface area (Å²) >= 11 is 6.21. The number of allylic oxidation sites excluding steroid dienone is 2. The van der Waals surface area contributed by atoms with E-state index in [4.69, 9.17) is 21.2 Å². The maximum absolute atomic E-state index is 14.0. The number of hydrogen-bond acceptors (Lipinski definition) is 2. The molecule has 1 unspecified atom stereocenters. The lowest BCUT2D eigenvalue weighted by atomic mass is 10.0. The van der Waals surface area contributed by atoms with Crippen LogP contribution >= 0.6 is 11.6 Å². The molecular weight excluding hydrogens is 437 g/mol. The molecule has 1 atom stereocenters. The summed E-state index contributed by atoms with van der Waals surface area (Å²) in [5.74, 6) is 0.373. The number of aromatic nitrogens is 1. The maximum Gasteiger partial charge on any atom is 0.149 e. The van der Waals surface area contributed by atoms with E-state index in [0.29, 0.717) is 5.56 Å². The molecule has 3 rings (SSSR count). The average molecular weight is 470 g/mol. The summed E-state index contributed by atoms with van der Waals surface area (Å²) in [7, 11) is 1.66. The molecule has 0 aliphatic heterocycles. The third-order valence-electron chi connectivity index (χ3n) is 5.42. The minimum absolute atomic E-state index is 0.0929. The molecule has 0 N–H and O–H groups in total. The van der Waals surface area contributed by atoms with E-state index in [0.717, 1.165) is 39.3 Å². The van der Waals surface area contributed by atoms with E-state index in [-0.39, 0.29) is 5.02 Å². The first-order chi connectivity index (χ1) is 15.7. The van der Waals surface area contributed by atoms with Gasteiger partial charge in [-0.1, -0.05) is 56.3 Å². The zero-order valence-electron chi connectivity index (χ0n) is 20.5. The van der Waals surface area contributed by atoms with Gasteiger partial charge >= 0.3 is 0 Å². The van der Waals surface area contributed by atoms with Crippen LogP contribution in [-0.2, 0) is 0 Å². The van der Waals surface area contributed by atoms with Gasteiger partial charge < -0.3 is 9.57 Å². The number of benzene rings is 2. The number of methoxy groups -OCH3 is 1. The minimum Gasteiger partial charge on any atom is -0.496 e. The topological polar surface area (TPSA) is 23.4 Å². The monoisotopic (exact) mass is 469 g/mol. The molecule has 176 valence electrons. The first-order valence-corrected chi connectivity index (χ1v) is 11.4. The number of aryl methyl sites for hydroxylation is 2. The molecule has 1 heterocycles. The van der Waals surface area contributed by atoms with Crippen molar-refractivity contribution in [2.45, 2.75) is 47.6 Å². The standard InChI is InChI=1S/C26H27ClFNO2.C2H6/c1-16(21-8-7-9-24(30-6)19(21)4)11-13-23-17(2)14-15-29(23)31-20(5)25-18(3)10-12-22(28)26(25)27;1-2/h7-15,20H,1H2,2-6H3;1-2H3/b13-11-;. The van der Waals surface area contributed by atoms with Crippen molar-refractivity contribution in [2.24, 2.45) is 0 Å². The van der Waals surface area contributed by atoms with Crippen molar-refractivity contribution in [1.82, 2.24) is 4.73 Å². The van der Waals surface area contributed by atoms with Crippen LogP contribution in [0.3, 0.4) is 0 Å². The summed E-state index contributed by atoms with van der Waals surface area (Å²) in [5.41, 5.74) is 6.34. The van der Waals surface area contributed by atoms with E-state index < -0.39 is 11.9 Å². The van der Waals surface area contributed by atoms with Crippen molar-refractivity contribution < 1.29 is 14.0 Å². The van der Waals surface area contributed by atoms with E-state index >= 15 is 0 Å². The highest BCUT2D eigenvalue weighted by Gasteiger charge is 2.19. The molecule has 0 aliphatic rings. The number of halogens is 2. The van der Waals surface area contributed by atoms with E-state index in [1.807, 2.05) is 84.2 Å². The quantitative estimate of drug-likeness (QED) is 0.326. The van der Waals surface area contributed by atoms with Gasteiger partial charge in [0.2, 0.25) is 0 Å². The fourth-order valence-corrected chi connectivity index (χ4v) is 4.02. The molecule has 0 fully saturated rings. The van der Waals surface area contributed by atoms with E-state index in [1.165, 1.54) is 6.07 Å². The Hall–Kier alpha value is -2.98. The third-order valence-corrected chi connectivity index (χ3v) is 5.81. The highest BCUT2D eigenvalue weighted by molar-refractivity contribution is 6.31. The van der Waals surface area contributed by atoms with Crippen LogP contribution in [0.5, 0.6) is 5.75 Å². The van der Waals surface area contributed by atoms with Crippen LogP contribution in [-0.4, -0.2) is 11.8 Å². The molecule has 3 aromatic rings. The molecule has 0 spiro atoms. The van der Waals surface area contributed by atoms with Crippen molar-refractivity contribution in [3.05, 3.63) is 99.6 Å². The first-order valence-electron chi connectivity index (χ1n) is 11.0. The third kappa shape index (κ3) is 5.88. The molecular formula is C28H33ClFNO2. The molecule has 2 aromatic carbocycles. The van der Waals surface area contributed by atoms with Crippen LogP contribution in [0.2, 0.25) is 5.02 Å². The number of rotatable bonds is 7. The Kier molecular flexibility index (Phi) is 9.36. The highest BCUT2D eigenvalue weighted by atomic mass is 35.5. The Bertz CT molecular complexity index is 1150. The summed E-state index contributed by atoms with van der Waals surface area (Å²) in [5, 5.41) is 0.0929. The molecule has 0 bridgehead atoms. The van der Waals surface area contributed by atoms with Gasteiger partial charge in [0.15, 0.2) is 0 Å². The highest BCUT2D eigenvalue weighted by Crippen LogP contribution is 2.31. The van der Waals surface area contributed by atoms with Crippen LogP contribution in [0.15, 0.2) is 55.3 Å². The molecule has 33 heavy (non-hydrogen) atoms. The van der Waals surface area contributed by atoms with Gasteiger partial charge in [-0.2, -0.15) is 4.73 Å². The van der Waals surface area contributed by atoms with Crippen LogP contribution in [0.1, 0.15) is 60.4 Å². The maximum atomic E-state index is 14.0. The van der Waals surface area contributed by atoms with Crippen molar-refractivity contribution in [3.63, 3.8) is 0 Å². The molecule has 0 aliphatic carbocycles. The van der Waals surface area contributed by atoms with Gasteiger partial charge in [-0.05, 0) is 79.8 Å². The van der Waals surface area contributed by atoms with E-state index in [1.54, 1.807) is 17.9 Å². The van der Waals surface area contributed by atoms with Crippen LogP contribution < -0.4 is 9.57 Å². The van der Waals surface area contributed by atoms with Gasteiger partial charge in [-0.3, -0.25) is 0 Å². The first kappa shape index (κ1) is 26.3. The predicted octanol–water partition coefficient (Wildman–Crippen LogP) is 8.16. The Morgan fingerprint density at radius 2 is 1.79 bits per heavy atom. The zero-order chi connectivity index (χ0) is 24.7. The van der Waals surface area contributed by atoms with Gasteiger partial charge in [0.05, 0.1) is 17.8 Å². The summed E-state index contributed by atoms with van der Waals surface area (Å²) in [6.45, 7) is 16.0. The SMILES string of the molecule is C=C(/C=C\c1c(C)ccn1OC(C)c1c(C)ccc(F)c1Cl)c1cccc(OC)c1C.CC. The Morgan fingerprint density at radius 1 is 1.09 bits per heavy atom. The van der Waals surface area contributed by atoms with Crippen LogP contribution in [0, 0.1) is 26.6 Å². The number of hydrogen-bond donors (Lipinski definition) is 0. The zero-order valence-corrected chi connectivity index (χ0v) is 21.3. The predicted molar refractivity (Wildman–Crippen MR) is 137 cm³/mol. The second-order valence-electron chi connectivity index (χ2n) is 7.54. The van der Waals surface area contributed by atoms with Crippen LogP contribution in [0.25, 0.3) is 11.6 Å². The molecule has 0 saturated carbocycles. The summed E-state index contributed by atoms with van der Waals surface area (Å²) in [4.78, 5) is 6.13. The van der Waals surface area contributed by atoms with Gasteiger partial charge in [0.25, 0.3) is 0 Å². The van der Waals surface area contributed by atoms with Gasteiger partial charge in [-0.25, -0.2) is 4.39 Å². The van der Waals surface area contributed by atoms with E-state index in [9.17, 15) is 4.39 Å². The Morgan fingerprint density at radius 3 is 2.45 bits per heavy atom. The molecule has 0 amide bonds. The van der Waals surface area contributed by atoms with Gasteiger partial charge in [-0.15, -0.1) is 0 Å². The van der Waals surface area contributed by atoms with Gasteiger partial charge in [0.1, 0.15) is 17.7 Å². The van der Waals surface area contributed by atoms with Gasteiger partial charge in [0, 0.05) is 11.8 Å². The van der Waals surface area contributed by atoms with Crippen molar-refractivity contribution in [1.29, 1.82) is 0 Å². The summed E-state index contributed by atoms with van der Waals surface area (Å²) in [6.07, 6.45) is 5.32. The molecule has 0 radical (unpaired) electrons.